The van der Waals surface area contributed by atoms with E-state index < -0.39 is 0 Å². The Morgan fingerprint density at radius 1 is 1.17 bits per heavy atom. The Bertz CT molecular complexity index is 880. The second-order valence-corrected chi connectivity index (χ2v) is 5.65. The molecule has 0 unspecified atom stereocenters. The van der Waals surface area contributed by atoms with Crippen LogP contribution in [0.25, 0.3) is 16.7 Å². The number of hydrogen-bond acceptors (Lipinski definition) is 6. The number of morpholine rings is 1. The Morgan fingerprint density at radius 2 is 2.04 bits per heavy atom. The molecular formula is C15H18N6O2. The third-order valence-electron chi connectivity index (χ3n) is 4.22. The van der Waals surface area contributed by atoms with Crippen molar-refractivity contribution in [2.24, 2.45) is 0 Å². The van der Waals surface area contributed by atoms with Crippen LogP contribution >= 0.6 is 0 Å². The molecule has 3 aromatic heterocycles. The van der Waals surface area contributed by atoms with E-state index in [0.29, 0.717) is 17.7 Å². The third kappa shape index (κ3) is 2.71. The summed E-state index contributed by atoms with van der Waals surface area (Å²) in [5.41, 5.74) is 0.705. The van der Waals surface area contributed by atoms with Gasteiger partial charge in [0.25, 0.3) is 11.3 Å². The van der Waals surface area contributed by atoms with Crippen LogP contribution < -0.4 is 5.56 Å². The van der Waals surface area contributed by atoms with Crippen LogP contribution in [0.4, 0.5) is 0 Å². The van der Waals surface area contributed by atoms with Gasteiger partial charge in [-0.3, -0.25) is 9.69 Å². The molecule has 0 aliphatic carbocycles. The van der Waals surface area contributed by atoms with Gasteiger partial charge >= 0.3 is 0 Å². The summed E-state index contributed by atoms with van der Waals surface area (Å²) in [6.07, 6.45) is 5.78. The third-order valence-corrected chi connectivity index (χ3v) is 4.22. The molecular weight excluding hydrogens is 296 g/mol. The van der Waals surface area contributed by atoms with Gasteiger partial charge < -0.3 is 9.30 Å². The van der Waals surface area contributed by atoms with Gasteiger partial charge in [0, 0.05) is 38.6 Å². The lowest BCUT2D eigenvalue weighted by atomic mass is 10.3. The van der Waals surface area contributed by atoms with E-state index in [0.717, 1.165) is 44.8 Å². The summed E-state index contributed by atoms with van der Waals surface area (Å²) in [6, 6.07) is 1.90. The predicted molar refractivity (Wildman–Crippen MR) is 84.4 cm³/mol. The quantitative estimate of drug-likeness (QED) is 0.683. The topological polar surface area (TPSA) is 77.6 Å². The van der Waals surface area contributed by atoms with E-state index in [9.17, 15) is 4.79 Å². The van der Waals surface area contributed by atoms with E-state index in [2.05, 4.69) is 20.0 Å². The zero-order valence-corrected chi connectivity index (χ0v) is 12.8. The maximum atomic E-state index is 12.6. The van der Waals surface area contributed by atoms with Crippen LogP contribution in [-0.2, 0) is 11.3 Å². The Hall–Kier alpha value is -2.32. The molecule has 0 spiro atoms. The highest BCUT2D eigenvalue weighted by atomic mass is 16.5. The molecule has 0 N–H and O–H groups in total. The molecule has 8 heteroatoms. The Kier molecular flexibility index (Phi) is 3.76. The van der Waals surface area contributed by atoms with Crippen molar-refractivity contribution in [3.63, 3.8) is 0 Å². The predicted octanol–water partition coefficient (Wildman–Crippen LogP) is 0.161. The molecule has 3 aromatic rings. The average molecular weight is 314 g/mol. The zero-order chi connectivity index (χ0) is 15.6. The van der Waals surface area contributed by atoms with Gasteiger partial charge in [0.2, 0.25) is 0 Å². The average Bonchev–Trinajstić information content (AvgIpc) is 3.07. The van der Waals surface area contributed by atoms with Crippen molar-refractivity contribution in [2.75, 3.05) is 32.8 Å². The van der Waals surface area contributed by atoms with Gasteiger partial charge in [-0.05, 0) is 12.5 Å². The second kappa shape index (κ2) is 6.05. The van der Waals surface area contributed by atoms with Gasteiger partial charge in [-0.25, -0.2) is 4.98 Å². The highest BCUT2D eigenvalue weighted by Gasteiger charge is 2.11. The molecule has 23 heavy (non-hydrogen) atoms. The molecule has 1 aliphatic rings. The number of ether oxygens (including phenoxy) is 1. The van der Waals surface area contributed by atoms with Gasteiger partial charge in [0.1, 0.15) is 6.33 Å². The number of nitrogens with zero attached hydrogens (tertiary/aromatic N) is 6. The molecule has 120 valence electrons. The molecule has 4 rings (SSSR count). The first-order valence-electron chi connectivity index (χ1n) is 7.81. The Morgan fingerprint density at radius 3 is 2.91 bits per heavy atom. The van der Waals surface area contributed by atoms with E-state index in [1.807, 2.05) is 12.3 Å². The fourth-order valence-corrected chi connectivity index (χ4v) is 2.97. The standard InChI is InChI=1S/C15H18N6O2/c22-14-12-10-16-15-17-11-18-21(15)13(12)2-5-20(14)4-1-3-19-6-8-23-9-7-19/h2,5,10-11H,1,3-4,6-9H2. The maximum absolute atomic E-state index is 12.6. The van der Waals surface area contributed by atoms with Crippen molar-refractivity contribution in [3.05, 3.63) is 35.1 Å². The van der Waals surface area contributed by atoms with E-state index in [1.54, 1.807) is 15.3 Å². The van der Waals surface area contributed by atoms with Crippen LogP contribution in [0.15, 0.2) is 29.6 Å². The number of rotatable bonds is 4. The summed E-state index contributed by atoms with van der Waals surface area (Å²) in [7, 11) is 0. The number of fused-ring (bicyclic) bond motifs is 3. The Balaban J connectivity index is 1.54. The van der Waals surface area contributed by atoms with Crippen LogP contribution in [0.5, 0.6) is 0 Å². The normalized spacial score (nSPS) is 16.3. The molecule has 0 bridgehead atoms. The lowest BCUT2D eigenvalue weighted by molar-refractivity contribution is 0.0369. The van der Waals surface area contributed by atoms with Crippen molar-refractivity contribution in [1.29, 1.82) is 0 Å². The summed E-state index contributed by atoms with van der Waals surface area (Å²) < 4.78 is 8.68. The summed E-state index contributed by atoms with van der Waals surface area (Å²) in [5.74, 6) is 0.502. The number of hydrogen-bond donors (Lipinski definition) is 0. The molecule has 8 nitrogen and oxygen atoms in total. The van der Waals surface area contributed by atoms with Crippen molar-refractivity contribution in [3.8, 4) is 0 Å². The molecule has 0 amide bonds. The van der Waals surface area contributed by atoms with Gasteiger partial charge in [-0.15, -0.1) is 0 Å². The minimum Gasteiger partial charge on any atom is -0.379 e. The highest BCUT2D eigenvalue weighted by molar-refractivity contribution is 5.78. The van der Waals surface area contributed by atoms with E-state index in [4.69, 9.17) is 4.74 Å². The van der Waals surface area contributed by atoms with Gasteiger partial charge in [-0.1, -0.05) is 0 Å². The fraction of sp³-hybridized carbons (Fsp3) is 0.467. The number of aromatic nitrogens is 5. The molecule has 1 saturated heterocycles. The first-order valence-corrected chi connectivity index (χ1v) is 7.81. The summed E-state index contributed by atoms with van der Waals surface area (Å²) >= 11 is 0. The number of aryl methyl sites for hydroxylation is 1. The van der Waals surface area contributed by atoms with Crippen molar-refractivity contribution >= 4 is 16.7 Å². The molecule has 4 heterocycles. The van der Waals surface area contributed by atoms with Crippen molar-refractivity contribution in [1.82, 2.24) is 29.0 Å². The summed E-state index contributed by atoms with van der Waals surface area (Å²) in [4.78, 5) is 23.2. The lowest BCUT2D eigenvalue weighted by Crippen LogP contribution is -2.37. The number of pyridine rings is 1. The largest absolute Gasteiger partial charge is 0.379 e. The van der Waals surface area contributed by atoms with Crippen LogP contribution in [0, 0.1) is 0 Å². The van der Waals surface area contributed by atoms with Crippen LogP contribution in [0.1, 0.15) is 6.42 Å². The van der Waals surface area contributed by atoms with E-state index in [1.165, 1.54) is 6.33 Å². The lowest BCUT2D eigenvalue weighted by Gasteiger charge is -2.26. The molecule has 0 aromatic carbocycles. The molecule has 0 saturated carbocycles. The molecule has 0 atom stereocenters. The zero-order valence-electron chi connectivity index (χ0n) is 12.8. The van der Waals surface area contributed by atoms with Gasteiger partial charge in [0.05, 0.1) is 24.1 Å². The highest BCUT2D eigenvalue weighted by Crippen LogP contribution is 2.09. The smallest absolute Gasteiger partial charge is 0.261 e. The molecule has 1 fully saturated rings. The molecule has 0 radical (unpaired) electrons. The first kappa shape index (κ1) is 14.3. The SMILES string of the molecule is O=c1c2cnc3ncnn3c2ccn1CCCN1CCOCC1. The monoisotopic (exact) mass is 314 g/mol. The van der Waals surface area contributed by atoms with Crippen LogP contribution in [-0.4, -0.2) is 61.9 Å². The minimum absolute atomic E-state index is 0.0330. The van der Waals surface area contributed by atoms with Crippen LogP contribution in [0.2, 0.25) is 0 Å². The maximum Gasteiger partial charge on any atom is 0.261 e. The van der Waals surface area contributed by atoms with Crippen molar-refractivity contribution < 1.29 is 4.74 Å². The minimum atomic E-state index is -0.0330. The van der Waals surface area contributed by atoms with E-state index >= 15 is 0 Å². The fourth-order valence-electron chi connectivity index (χ4n) is 2.97. The summed E-state index contributed by atoms with van der Waals surface area (Å²) in [5, 5.41) is 4.68. The molecule has 1 aliphatic heterocycles. The van der Waals surface area contributed by atoms with Gasteiger partial charge in [-0.2, -0.15) is 14.6 Å². The van der Waals surface area contributed by atoms with E-state index in [-0.39, 0.29) is 5.56 Å². The summed E-state index contributed by atoms with van der Waals surface area (Å²) in [6.45, 7) is 5.22. The second-order valence-electron chi connectivity index (χ2n) is 5.65. The van der Waals surface area contributed by atoms with Gasteiger partial charge in [0.15, 0.2) is 0 Å². The van der Waals surface area contributed by atoms with Crippen LogP contribution in [0.3, 0.4) is 0 Å². The van der Waals surface area contributed by atoms with Crippen molar-refractivity contribution in [2.45, 2.75) is 13.0 Å². The Labute approximate surface area is 132 Å². The first-order chi connectivity index (χ1) is 11.3.